The molecule has 0 bridgehead atoms. The van der Waals surface area contributed by atoms with Crippen LogP contribution in [-0.2, 0) is 14.3 Å². The van der Waals surface area contributed by atoms with E-state index in [9.17, 15) is 9.59 Å². The van der Waals surface area contributed by atoms with Gasteiger partial charge >= 0.3 is 82.2 Å². The number of ether oxygens (including phenoxy) is 1. The van der Waals surface area contributed by atoms with Crippen LogP contribution in [0.25, 0.3) is 0 Å². The van der Waals surface area contributed by atoms with Gasteiger partial charge in [-0.2, -0.15) is 0 Å². The van der Waals surface area contributed by atoms with E-state index in [-0.39, 0.29) is 75.7 Å². The maximum absolute atomic E-state index is 11.7. The van der Waals surface area contributed by atoms with E-state index in [1.54, 1.807) is 0 Å². The monoisotopic (exact) mass is 348 g/mol. The van der Waals surface area contributed by atoms with Crippen LogP contribution in [0.1, 0.15) is 86.0 Å². The zero-order valence-corrected chi connectivity index (χ0v) is 14.3. The number of esters is 1. The van der Waals surface area contributed by atoms with Gasteiger partial charge < -0.3 is 9.84 Å². The Hall–Kier alpha value is 1.17. The average molecular weight is 348 g/mol. The molecule has 0 aromatic heterocycles. The van der Waals surface area contributed by atoms with Gasteiger partial charge in [-0.05, 0) is 19.8 Å². The van der Waals surface area contributed by atoms with Crippen LogP contribution >= 0.6 is 0 Å². The molecule has 0 aromatic carbocycles. The normalized spacial score (nSPS) is 13.3. The molecule has 128 valence electrons. The van der Waals surface area contributed by atoms with Crippen LogP contribution in [0.4, 0.5) is 0 Å². The van der Waals surface area contributed by atoms with E-state index in [0.29, 0.717) is 0 Å². The van der Waals surface area contributed by atoms with Crippen molar-refractivity contribution in [2.45, 2.75) is 91.6 Å². The average Bonchev–Trinajstić information content (AvgIpc) is 2.31. The van der Waals surface area contributed by atoms with Crippen molar-refractivity contribution in [1.82, 2.24) is 0 Å². The molecule has 0 spiro atoms. The molecule has 4 nitrogen and oxygen atoms in total. The van der Waals surface area contributed by atoms with Gasteiger partial charge in [0.2, 0.25) is 0 Å². The number of hydrogen-bond donors (Lipinski definition) is 1. The SMILES string of the molecule is CCCCCCCCC(C)(OC(=O)CC(=O)O)C(C)(C)C.[KH].[LiH]. The zero-order valence-electron chi connectivity index (χ0n) is 14.3. The van der Waals surface area contributed by atoms with E-state index in [4.69, 9.17) is 9.84 Å². The molecule has 0 aliphatic carbocycles. The van der Waals surface area contributed by atoms with Gasteiger partial charge in [-0.15, -0.1) is 0 Å². The van der Waals surface area contributed by atoms with Crippen molar-refractivity contribution in [3.63, 3.8) is 0 Å². The molecule has 0 rings (SSSR count). The first-order valence-corrected chi connectivity index (χ1v) is 8.06. The maximum atomic E-state index is 11.7. The number of carboxylic acid groups (broad SMARTS) is 1. The second-order valence-corrected chi connectivity index (χ2v) is 7.04. The summed E-state index contributed by atoms with van der Waals surface area (Å²) in [5.41, 5.74) is -0.838. The third kappa shape index (κ3) is 13.1. The third-order valence-corrected chi connectivity index (χ3v) is 4.23. The molecule has 6 heteroatoms. The van der Waals surface area contributed by atoms with E-state index < -0.39 is 24.0 Å². The van der Waals surface area contributed by atoms with Crippen molar-refractivity contribution >= 4 is 82.2 Å². The summed E-state index contributed by atoms with van der Waals surface area (Å²) in [6.07, 6.45) is 7.28. The number of unbranched alkanes of at least 4 members (excludes halogenated alkanes) is 5. The summed E-state index contributed by atoms with van der Waals surface area (Å²) in [6, 6.07) is 0. The summed E-state index contributed by atoms with van der Waals surface area (Å²) < 4.78 is 5.52. The van der Waals surface area contributed by atoms with E-state index in [1.807, 2.05) is 27.7 Å². The first-order chi connectivity index (χ1) is 9.62. The number of carbonyl (C=O) groups is 2. The molecule has 0 aliphatic rings. The van der Waals surface area contributed by atoms with Gasteiger partial charge in [-0.3, -0.25) is 9.59 Å². The quantitative estimate of drug-likeness (QED) is 0.285. The van der Waals surface area contributed by atoms with E-state index >= 15 is 0 Å². The van der Waals surface area contributed by atoms with Gasteiger partial charge in [0, 0.05) is 5.41 Å². The number of aliphatic carboxylic acids is 1. The first-order valence-electron chi connectivity index (χ1n) is 8.06. The first kappa shape index (κ1) is 29.0. The minimum atomic E-state index is -1.14. The number of rotatable bonds is 10. The van der Waals surface area contributed by atoms with Crippen LogP contribution in [0, 0.1) is 5.41 Å². The Kier molecular flexibility index (Phi) is 18.1. The predicted octanol–water partition coefficient (Wildman–Crippen LogP) is 3.26. The summed E-state index contributed by atoms with van der Waals surface area (Å²) in [6.45, 7) is 10.2. The molecule has 0 saturated carbocycles. The predicted molar refractivity (Wildman–Crippen MR) is 98.5 cm³/mol. The number of hydrogen-bond acceptors (Lipinski definition) is 3. The van der Waals surface area contributed by atoms with Gasteiger partial charge in [-0.1, -0.05) is 59.8 Å². The Morgan fingerprint density at radius 3 is 1.87 bits per heavy atom. The van der Waals surface area contributed by atoms with Crippen LogP contribution < -0.4 is 0 Å². The number of carboxylic acids is 1. The van der Waals surface area contributed by atoms with Crippen LogP contribution in [0.15, 0.2) is 0 Å². The second-order valence-electron chi connectivity index (χ2n) is 7.04. The fraction of sp³-hybridized carbons (Fsp3) is 0.882. The summed E-state index contributed by atoms with van der Waals surface area (Å²) in [4.78, 5) is 22.3. The summed E-state index contributed by atoms with van der Waals surface area (Å²) in [5, 5.41) is 8.68. The molecule has 0 fully saturated rings. The Morgan fingerprint density at radius 1 is 0.957 bits per heavy atom. The Morgan fingerprint density at radius 2 is 1.43 bits per heavy atom. The molecular formula is C17H34KLiO4. The van der Waals surface area contributed by atoms with Crippen LogP contribution in [0.2, 0.25) is 0 Å². The molecule has 1 N–H and O–H groups in total. The molecule has 0 saturated heterocycles. The van der Waals surface area contributed by atoms with Crippen LogP contribution in [0.5, 0.6) is 0 Å². The standard InChI is InChI=1S/C17H32O4.K.Li.2H/c1-6-7-8-9-10-11-12-17(5,16(2,3)4)21-15(20)13-14(18)19;;;;/h6-13H2,1-5H3,(H,18,19);;;;. The molecule has 0 amide bonds. The van der Waals surface area contributed by atoms with E-state index in [2.05, 4.69) is 6.92 Å². The fourth-order valence-corrected chi connectivity index (χ4v) is 2.23. The van der Waals surface area contributed by atoms with Gasteiger partial charge in [0.15, 0.2) is 0 Å². The Bertz CT molecular complexity index is 342. The van der Waals surface area contributed by atoms with Gasteiger partial charge in [0.25, 0.3) is 0 Å². The summed E-state index contributed by atoms with van der Waals surface area (Å²) in [7, 11) is 0. The third-order valence-electron chi connectivity index (χ3n) is 4.23. The van der Waals surface area contributed by atoms with Gasteiger partial charge in [0.1, 0.15) is 12.0 Å². The molecule has 0 aliphatic heterocycles. The van der Waals surface area contributed by atoms with Crippen molar-refractivity contribution < 1.29 is 19.4 Å². The molecule has 0 radical (unpaired) electrons. The van der Waals surface area contributed by atoms with Crippen LogP contribution in [0.3, 0.4) is 0 Å². The molecule has 0 heterocycles. The van der Waals surface area contributed by atoms with Crippen LogP contribution in [-0.4, -0.2) is 92.9 Å². The molecule has 1 unspecified atom stereocenters. The fourth-order valence-electron chi connectivity index (χ4n) is 2.23. The zero-order chi connectivity index (χ0) is 16.5. The molecule has 1 atom stereocenters. The van der Waals surface area contributed by atoms with Crippen molar-refractivity contribution in [1.29, 1.82) is 0 Å². The summed E-state index contributed by atoms with van der Waals surface area (Å²) >= 11 is 0. The van der Waals surface area contributed by atoms with Crippen molar-refractivity contribution in [3.8, 4) is 0 Å². The Labute approximate surface area is 196 Å². The topological polar surface area (TPSA) is 63.6 Å². The second kappa shape index (κ2) is 14.4. The van der Waals surface area contributed by atoms with Crippen molar-refractivity contribution in [2.75, 3.05) is 0 Å². The van der Waals surface area contributed by atoms with E-state index in [0.717, 1.165) is 19.3 Å². The number of carbonyl (C=O) groups excluding carboxylic acids is 1. The summed E-state index contributed by atoms with van der Waals surface area (Å²) in [5.74, 6) is -1.79. The van der Waals surface area contributed by atoms with Crippen molar-refractivity contribution in [2.24, 2.45) is 5.41 Å². The molecule has 23 heavy (non-hydrogen) atoms. The minimum absolute atomic E-state index is 0. The Balaban J connectivity index is -0.00000200. The van der Waals surface area contributed by atoms with Crippen molar-refractivity contribution in [3.05, 3.63) is 0 Å². The van der Waals surface area contributed by atoms with Gasteiger partial charge in [-0.25, -0.2) is 0 Å². The molecular weight excluding hydrogens is 314 g/mol. The van der Waals surface area contributed by atoms with Gasteiger partial charge in [0.05, 0.1) is 0 Å². The molecule has 0 aromatic rings. The van der Waals surface area contributed by atoms with E-state index in [1.165, 1.54) is 25.7 Å².